The zero-order chi connectivity index (χ0) is 19.4. The second-order valence-corrected chi connectivity index (χ2v) is 6.32. The van der Waals surface area contributed by atoms with Crippen molar-refractivity contribution in [2.75, 3.05) is 12.4 Å². The third-order valence-corrected chi connectivity index (χ3v) is 4.39. The maximum absolute atomic E-state index is 12.5. The second-order valence-electron chi connectivity index (χ2n) is 5.91. The molecular formula is C21H18ClNO4. The van der Waals surface area contributed by atoms with Crippen molar-refractivity contribution in [3.05, 3.63) is 71.2 Å². The van der Waals surface area contributed by atoms with E-state index in [4.69, 9.17) is 16.3 Å². The smallest absolute Gasteiger partial charge is 0.339 e. The molecule has 1 amide bonds. The van der Waals surface area contributed by atoms with Crippen molar-refractivity contribution in [3.63, 3.8) is 0 Å². The van der Waals surface area contributed by atoms with Crippen LogP contribution in [-0.4, -0.2) is 25.1 Å². The molecular weight excluding hydrogens is 366 g/mol. The van der Waals surface area contributed by atoms with Gasteiger partial charge in [0.1, 0.15) is 5.75 Å². The monoisotopic (exact) mass is 383 g/mol. The van der Waals surface area contributed by atoms with Crippen LogP contribution >= 0.6 is 11.6 Å². The predicted molar refractivity (Wildman–Crippen MR) is 105 cm³/mol. The van der Waals surface area contributed by atoms with E-state index in [1.807, 2.05) is 42.5 Å². The summed E-state index contributed by atoms with van der Waals surface area (Å²) in [6, 6.07) is 18.1. The SMILES string of the molecule is COC(=O)c1cc(NC(=O)C(C)Oc2cccc3ccccc23)ccc1Cl. The maximum Gasteiger partial charge on any atom is 0.339 e. The summed E-state index contributed by atoms with van der Waals surface area (Å²) in [7, 11) is 1.27. The molecule has 5 nitrogen and oxygen atoms in total. The highest BCUT2D eigenvalue weighted by Crippen LogP contribution is 2.26. The van der Waals surface area contributed by atoms with Crippen LogP contribution in [0.25, 0.3) is 10.8 Å². The van der Waals surface area contributed by atoms with E-state index >= 15 is 0 Å². The highest BCUT2D eigenvalue weighted by Gasteiger charge is 2.18. The first kappa shape index (κ1) is 18.7. The minimum Gasteiger partial charge on any atom is -0.480 e. The number of fused-ring (bicyclic) bond motifs is 1. The second kappa shape index (κ2) is 8.10. The fourth-order valence-electron chi connectivity index (χ4n) is 2.66. The molecule has 0 aliphatic heterocycles. The van der Waals surface area contributed by atoms with Crippen LogP contribution in [0.1, 0.15) is 17.3 Å². The lowest BCUT2D eigenvalue weighted by molar-refractivity contribution is -0.122. The molecule has 3 rings (SSSR count). The van der Waals surface area contributed by atoms with Gasteiger partial charge in [-0.3, -0.25) is 4.79 Å². The van der Waals surface area contributed by atoms with Gasteiger partial charge >= 0.3 is 5.97 Å². The summed E-state index contributed by atoms with van der Waals surface area (Å²) in [4.78, 5) is 24.2. The highest BCUT2D eigenvalue weighted by molar-refractivity contribution is 6.33. The van der Waals surface area contributed by atoms with Crippen molar-refractivity contribution in [1.82, 2.24) is 0 Å². The molecule has 0 aliphatic carbocycles. The van der Waals surface area contributed by atoms with Crippen molar-refractivity contribution < 1.29 is 19.1 Å². The molecule has 27 heavy (non-hydrogen) atoms. The molecule has 6 heteroatoms. The molecule has 0 aromatic heterocycles. The number of carbonyl (C=O) groups excluding carboxylic acids is 2. The van der Waals surface area contributed by atoms with Crippen molar-refractivity contribution in [3.8, 4) is 5.75 Å². The van der Waals surface area contributed by atoms with Crippen molar-refractivity contribution in [1.29, 1.82) is 0 Å². The van der Waals surface area contributed by atoms with Gasteiger partial charge in [0, 0.05) is 11.1 Å². The number of benzene rings is 3. The van der Waals surface area contributed by atoms with Crippen LogP contribution in [0, 0.1) is 0 Å². The Labute approximate surface area is 161 Å². The predicted octanol–water partition coefficient (Wildman–Crippen LogP) is 4.69. The zero-order valence-electron chi connectivity index (χ0n) is 14.9. The van der Waals surface area contributed by atoms with Gasteiger partial charge in [-0.25, -0.2) is 4.79 Å². The lowest BCUT2D eigenvalue weighted by atomic mass is 10.1. The third-order valence-electron chi connectivity index (χ3n) is 4.06. The topological polar surface area (TPSA) is 64.6 Å². The average Bonchev–Trinajstić information content (AvgIpc) is 2.69. The van der Waals surface area contributed by atoms with Gasteiger partial charge in [0.05, 0.1) is 17.7 Å². The molecule has 0 radical (unpaired) electrons. The first-order valence-electron chi connectivity index (χ1n) is 8.32. The number of nitrogens with one attached hydrogen (secondary N) is 1. The Morgan fingerprint density at radius 1 is 1.04 bits per heavy atom. The van der Waals surface area contributed by atoms with Gasteiger partial charge < -0.3 is 14.8 Å². The Kier molecular flexibility index (Phi) is 5.62. The summed E-state index contributed by atoms with van der Waals surface area (Å²) >= 11 is 5.99. The number of hydrogen-bond acceptors (Lipinski definition) is 4. The number of hydrogen-bond donors (Lipinski definition) is 1. The Bertz CT molecular complexity index is 997. The van der Waals surface area contributed by atoms with Gasteiger partial charge in [-0.05, 0) is 36.6 Å². The van der Waals surface area contributed by atoms with Crippen LogP contribution in [0.4, 0.5) is 5.69 Å². The number of amides is 1. The Balaban J connectivity index is 1.75. The number of ether oxygens (including phenoxy) is 2. The molecule has 0 bridgehead atoms. The number of methoxy groups -OCH3 is 1. The summed E-state index contributed by atoms with van der Waals surface area (Å²) in [5, 5.41) is 4.94. The molecule has 0 heterocycles. The molecule has 0 saturated heterocycles. The van der Waals surface area contributed by atoms with Crippen LogP contribution in [0.2, 0.25) is 5.02 Å². The normalized spacial score (nSPS) is 11.7. The number of carbonyl (C=O) groups is 2. The Morgan fingerprint density at radius 3 is 2.56 bits per heavy atom. The minimum absolute atomic E-state index is 0.180. The standard InChI is InChI=1S/C21H18ClNO4/c1-13(27-19-9-5-7-14-6-3-4-8-16(14)19)20(24)23-15-10-11-18(22)17(12-15)21(25)26-2/h3-13H,1-2H3,(H,23,24). The van der Waals surface area contributed by atoms with Crippen molar-refractivity contribution in [2.45, 2.75) is 13.0 Å². The average molecular weight is 384 g/mol. The van der Waals surface area contributed by atoms with E-state index in [-0.39, 0.29) is 16.5 Å². The number of halogens is 1. The minimum atomic E-state index is -0.743. The van der Waals surface area contributed by atoms with E-state index in [1.54, 1.807) is 13.0 Å². The molecule has 138 valence electrons. The van der Waals surface area contributed by atoms with Gasteiger partial charge in [-0.15, -0.1) is 0 Å². The number of rotatable bonds is 5. The first-order chi connectivity index (χ1) is 13.0. The van der Waals surface area contributed by atoms with E-state index in [0.29, 0.717) is 11.4 Å². The molecule has 0 aliphatic rings. The van der Waals surface area contributed by atoms with Gasteiger partial charge in [0.15, 0.2) is 6.10 Å². The van der Waals surface area contributed by atoms with Gasteiger partial charge in [0.25, 0.3) is 5.91 Å². The largest absolute Gasteiger partial charge is 0.480 e. The van der Waals surface area contributed by atoms with Crippen molar-refractivity contribution in [2.24, 2.45) is 0 Å². The highest BCUT2D eigenvalue weighted by atomic mass is 35.5. The van der Waals surface area contributed by atoms with Crippen LogP contribution < -0.4 is 10.1 Å². The summed E-state index contributed by atoms with van der Waals surface area (Å²) in [5.74, 6) is -0.292. The molecule has 1 unspecified atom stereocenters. The van der Waals surface area contributed by atoms with Crippen molar-refractivity contribution >= 4 is 39.9 Å². The lowest BCUT2D eigenvalue weighted by Gasteiger charge is -2.16. The summed E-state index contributed by atoms with van der Waals surface area (Å²) in [6.07, 6.45) is -0.743. The summed E-state index contributed by atoms with van der Waals surface area (Å²) < 4.78 is 10.5. The van der Waals surface area contributed by atoms with E-state index in [0.717, 1.165) is 10.8 Å². The lowest BCUT2D eigenvalue weighted by Crippen LogP contribution is -2.30. The van der Waals surface area contributed by atoms with Gasteiger partial charge in [-0.2, -0.15) is 0 Å². The molecule has 0 spiro atoms. The molecule has 3 aromatic rings. The van der Waals surface area contributed by atoms with E-state index < -0.39 is 12.1 Å². The van der Waals surface area contributed by atoms with Gasteiger partial charge in [-0.1, -0.05) is 48.0 Å². The molecule has 3 aromatic carbocycles. The summed E-state index contributed by atoms with van der Waals surface area (Å²) in [6.45, 7) is 1.66. The third kappa shape index (κ3) is 4.20. The number of anilines is 1. The van der Waals surface area contributed by atoms with E-state index in [1.165, 1.54) is 19.2 Å². The van der Waals surface area contributed by atoms with Crippen LogP contribution in [0.15, 0.2) is 60.7 Å². The maximum atomic E-state index is 12.5. The fraction of sp³-hybridized carbons (Fsp3) is 0.143. The van der Waals surface area contributed by atoms with E-state index in [9.17, 15) is 9.59 Å². The van der Waals surface area contributed by atoms with Crippen LogP contribution in [0.3, 0.4) is 0 Å². The van der Waals surface area contributed by atoms with Gasteiger partial charge in [0.2, 0.25) is 0 Å². The quantitative estimate of drug-likeness (QED) is 0.649. The fourth-order valence-corrected chi connectivity index (χ4v) is 2.85. The molecule has 0 fully saturated rings. The Hall–Kier alpha value is -3.05. The zero-order valence-corrected chi connectivity index (χ0v) is 15.6. The summed E-state index contributed by atoms with van der Waals surface area (Å²) in [5.41, 5.74) is 0.609. The molecule has 1 atom stereocenters. The van der Waals surface area contributed by atoms with Crippen LogP contribution in [0.5, 0.6) is 5.75 Å². The molecule has 1 N–H and O–H groups in total. The first-order valence-corrected chi connectivity index (χ1v) is 8.70. The Morgan fingerprint density at radius 2 is 1.78 bits per heavy atom. The number of esters is 1. The van der Waals surface area contributed by atoms with Crippen LogP contribution in [-0.2, 0) is 9.53 Å². The molecule has 0 saturated carbocycles. The van der Waals surface area contributed by atoms with E-state index in [2.05, 4.69) is 10.1 Å².